The Morgan fingerprint density at radius 2 is 1.80 bits per heavy atom. The fourth-order valence-corrected chi connectivity index (χ4v) is 4.79. The van der Waals surface area contributed by atoms with Crippen molar-refractivity contribution >= 4 is 11.8 Å². The minimum Gasteiger partial charge on any atom is -0.464 e. The number of hydrogen-bond donors (Lipinski definition) is 1. The second-order valence-electron chi connectivity index (χ2n) is 9.84. The summed E-state index contributed by atoms with van der Waals surface area (Å²) in [6, 6.07) is 19.6. The van der Waals surface area contributed by atoms with Gasteiger partial charge in [-0.2, -0.15) is 0 Å². The van der Waals surface area contributed by atoms with E-state index in [4.69, 9.17) is 4.42 Å². The fraction of sp³-hybridized carbons (Fsp3) is 0.379. The van der Waals surface area contributed by atoms with E-state index in [2.05, 4.69) is 41.4 Å². The molecule has 0 aliphatic carbocycles. The van der Waals surface area contributed by atoms with Gasteiger partial charge in [-0.15, -0.1) is 0 Å². The Kier molecular flexibility index (Phi) is 7.71. The average Bonchev–Trinajstić information content (AvgIpc) is 3.37. The number of amides is 2. The summed E-state index contributed by atoms with van der Waals surface area (Å²) in [6.45, 7) is 10.3. The molecule has 2 amide bonds. The van der Waals surface area contributed by atoms with E-state index in [9.17, 15) is 9.59 Å². The number of aryl methyl sites for hydroxylation is 1. The molecule has 35 heavy (non-hydrogen) atoms. The number of furan rings is 1. The van der Waals surface area contributed by atoms with E-state index in [0.717, 1.165) is 30.0 Å². The van der Waals surface area contributed by atoms with Gasteiger partial charge in [0.05, 0.1) is 6.26 Å². The Bertz CT molecular complexity index is 1140. The summed E-state index contributed by atoms with van der Waals surface area (Å²) >= 11 is 0. The zero-order valence-electron chi connectivity index (χ0n) is 21.0. The van der Waals surface area contributed by atoms with Crippen LogP contribution in [-0.4, -0.2) is 46.8 Å². The van der Waals surface area contributed by atoms with Gasteiger partial charge >= 0.3 is 0 Å². The third-order valence-electron chi connectivity index (χ3n) is 6.53. The third kappa shape index (κ3) is 6.01. The quantitative estimate of drug-likeness (QED) is 0.543. The number of rotatable bonds is 7. The number of piperazine rings is 1. The highest BCUT2D eigenvalue weighted by atomic mass is 16.3. The molecule has 1 aliphatic heterocycles. The van der Waals surface area contributed by atoms with Crippen LogP contribution in [0.3, 0.4) is 0 Å². The SMILES string of the molecule is Cc1cccc(CN2CC(C)N(C(=O)C(C)C)C(C(=O)NCc3ccc(-c4ccco4)cc3)C2)c1. The van der Waals surface area contributed by atoms with E-state index in [1.54, 1.807) is 11.2 Å². The average molecular weight is 474 g/mol. The summed E-state index contributed by atoms with van der Waals surface area (Å²) in [5, 5.41) is 3.08. The molecule has 1 N–H and O–H groups in total. The van der Waals surface area contributed by atoms with E-state index in [1.165, 1.54) is 11.1 Å². The van der Waals surface area contributed by atoms with Crippen molar-refractivity contribution in [2.75, 3.05) is 13.1 Å². The molecule has 1 saturated heterocycles. The molecule has 0 spiro atoms. The van der Waals surface area contributed by atoms with Crippen molar-refractivity contribution in [2.45, 2.75) is 52.9 Å². The van der Waals surface area contributed by atoms with Crippen LogP contribution in [0, 0.1) is 12.8 Å². The minimum absolute atomic E-state index is 0.0238. The smallest absolute Gasteiger partial charge is 0.244 e. The van der Waals surface area contributed by atoms with Crippen LogP contribution in [0.25, 0.3) is 11.3 Å². The van der Waals surface area contributed by atoms with Gasteiger partial charge in [-0.3, -0.25) is 14.5 Å². The molecule has 6 nitrogen and oxygen atoms in total. The molecule has 2 aromatic carbocycles. The molecule has 0 bridgehead atoms. The van der Waals surface area contributed by atoms with Crippen molar-refractivity contribution in [3.05, 3.63) is 83.6 Å². The van der Waals surface area contributed by atoms with E-state index in [0.29, 0.717) is 13.1 Å². The van der Waals surface area contributed by atoms with Crippen LogP contribution in [0.2, 0.25) is 0 Å². The van der Waals surface area contributed by atoms with Gasteiger partial charge in [0.1, 0.15) is 11.8 Å². The normalized spacial score (nSPS) is 18.6. The summed E-state index contributed by atoms with van der Waals surface area (Å²) in [5.74, 6) is 0.559. The maximum Gasteiger partial charge on any atom is 0.244 e. The Balaban J connectivity index is 1.46. The van der Waals surface area contributed by atoms with Gasteiger partial charge in [-0.1, -0.05) is 67.9 Å². The predicted molar refractivity (Wildman–Crippen MR) is 137 cm³/mol. The predicted octanol–water partition coefficient (Wildman–Crippen LogP) is 4.63. The topological polar surface area (TPSA) is 65.8 Å². The number of carbonyl (C=O) groups is 2. The van der Waals surface area contributed by atoms with E-state index < -0.39 is 6.04 Å². The van der Waals surface area contributed by atoms with Crippen molar-refractivity contribution < 1.29 is 14.0 Å². The Labute approximate surface area is 207 Å². The van der Waals surface area contributed by atoms with E-state index in [-0.39, 0.29) is 23.8 Å². The minimum atomic E-state index is -0.527. The highest BCUT2D eigenvalue weighted by Gasteiger charge is 2.39. The van der Waals surface area contributed by atoms with Gasteiger partial charge in [-0.05, 0) is 37.1 Å². The lowest BCUT2D eigenvalue weighted by Gasteiger charge is -2.45. The lowest BCUT2D eigenvalue weighted by Crippen LogP contribution is -2.64. The number of benzene rings is 2. The molecule has 6 heteroatoms. The standard InChI is InChI=1S/C29H35N3O3/c1-20(2)29(34)32-22(4)17-31(18-24-8-5-7-21(3)15-24)19-26(32)28(33)30-16-23-10-12-25(13-11-23)27-9-6-14-35-27/h5-15,20,22,26H,16-19H2,1-4H3,(H,30,33). The first-order valence-corrected chi connectivity index (χ1v) is 12.3. The molecule has 2 unspecified atom stereocenters. The second-order valence-corrected chi connectivity index (χ2v) is 9.84. The van der Waals surface area contributed by atoms with Crippen LogP contribution in [-0.2, 0) is 22.7 Å². The second kappa shape index (κ2) is 10.9. The molecule has 4 rings (SSSR count). The number of carbonyl (C=O) groups excluding carboxylic acids is 2. The molecular weight excluding hydrogens is 438 g/mol. The molecule has 1 aromatic heterocycles. The fourth-order valence-electron chi connectivity index (χ4n) is 4.79. The first kappa shape index (κ1) is 24.7. The van der Waals surface area contributed by atoms with Gasteiger partial charge < -0.3 is 14.6 Å². The monoisotopic (exact) mass is 473 g/mol. The Morgan fingerprint density at radius 1 is 1.03 bits per heavy atom. The highest BCUT2D eigenvalue weighted by Crippen LogP contribution is 2.22. The first-order valence-electron chi connectivity index (χ1n) is 12.3. The molecule has 0 saturated carbocycles. The maximum absolute atomic E-state index is 13.4. The zero-order valence-corrected chi connectivity index (χ0v) is 21.0. The largest absolute Gasteiger partial charge is 0.464 e. The number of hydrogen-bond acceptors (Lipinski definition) is 4. The van der Waals surface area contributed by atoms with Crippen molar-refractivity contribution in [3.8, 4) is 11.3 Å². The van der Waals surface area contributed by atoms with Crippen LogP contribution in [0.1, 0.15) is 37.5 Å². The lowest BCUT2D eigenvalue weighted by atomic mass is 10.0. The summed E-state index contributed by atoms with van der Waals surface area (Å²) in [6.07, 6.45) is 1.65. The lowest BCUT2D eigenvalue weighted by molar-refractivity contribution is -0.150. The maximum atomic E-state index is 13.4. The molecular formula is C29H35N3O3. The summed E-state index contributed by atoms with van der Waals surface area (Å²) in [7, 11) is 0. The number of nitrogens with zero attached hydrogens (tertiary/aromatic N) is 2. The third-order valence-corrected chi connectivity index (χ3v) is 6.53. The molecule has 2 atom stereocenters. The van der Waals surface area contributed by atoms with Gasteiger partial charge in [0, 0.05) is 43.7 Å². The Hall–Kier alpha value is -3.38. The van der Waals surface area contributed by atoms with Crippen molar-refractivity contribution in [1.82, 2.24) is 15.1 Å². The molecule has 1 aliphatic rings. The van der Waals surface area contributed by atoms with Crippen LogP contribution < -0.4 is 5.32 Å². The molecule has 184 valence electrons. The molecule has 0 radical (unpaired) electrons. The molecule has 2 heterocycles. The summed E-state index contributed by atoms with van der Waals surface area (Å²) in [5.41, 5.74) is 4.43. The van der Waals surface area contributed by atoms with Crippen molar-refractivity contribution in [1.29, 1.82) is 0 Å². The number of nitrogens with one attached hydrogen (secondary N) is 1. The summed E-state index contributed by atoms with van der Waals surface area (Å²) < 4.78 is 5.45. The van der Waals surface area contributed by atoms with Crippen LogP contribution >= 0.6 is 0 Å². The molecule has 1 fully saturated rings. The van der Waals surface area contributed by atoms with Crippen LogP contribution in [0.4, 0.5) is 0 Å². The Morgan fingerprint density at radius 3 is 2.46 bits per heavy atom. The van der Waals surface area contributed by atoms with E-state index in [1.807, 2.05) is 57.2 Å². The van der Waals surface area contributed by atoms with Crippen LogP contribution in [0.15, 0.2) is 71.3 Å². The molecule has 3 aromatic rings. The van der Waals surface area contributed by atoms with Crippen LogP contribution in [0.5, 0.6) is 0 Å². The zero-order chi connectivity index (χ0) is 24.9. The van der Waals surface area contributed by atoms with E-state index >= 15 is 0 Å². The van der Waals surface area contributed by atoms with Gasteiger partial charge in [0.25, 0.3) is 0 Å². The summed E-state index contributed by atoms with van der Waals surface area (Å²) in [4.78, 5) is 30.6. The highest BCUT2D eigenvalue weighted by molar-refractivity contribution is 5.89. The van der Waals surface area contributed by atoms with Gasteiger partial charge in [-0.25, -0.2) is 0 Å². The first-order chi connectivity index (χ1) is 16.8. The van der Waals surface area contributed by atoms with Gasteiger partial charge in [0.15, 0.2) is 0 Å². The van der Waals surface area contributed by atoms with Crippen molar-refractivity contribution in [2.24, 2.45) is 5.92 Å². The van der Waals surface area contributed by atoms with Gasteiger partial charge in [0.2, 0.25) is 11.8 Å². The van der Waals surface area contributed by atoms with Crippen molar-refractivity contribution in [3.63, 3.8) is 0 Å².